The second-order valence-corrected chi connectivity index (χ2v) is 6.12. The van der Waals surface area contributed by atoms with Crippen LogP contribution in [0.3, 0.4) is 0 Å². The lowest BCUT2D eigenvalue weighted by Crippen LogP contribution is -2.35. The highest BCUT2D eigenvalue weighted by Crippen LogP contribution is 2.21. The number of carboxylic acid groups (broad SMARTS) is 1. The molecule has 22 heavy (non-hydrogen) atoms. The summed E-state index contributed by atoms with van der Waals surface area (Å²) >= 11 is 3.34. The summed E-state index contributed by atoms with van der Waals surface area (Å²) in [6, 6.07) is 9.32. The maximum absolute atomic E-state index is 12.5. The van der Waals surface area contributed by atoms with Crippen molar-refractivity contribution in [3.8, 4) is 0 Å². The van der Waals surface area contributed by atoms with E-state index in [1.54, 1.807) is 47.2 Å². The van der Waals surface area contributed by atoms with Crippen molar-refractivity contribution >= 4 is 27.8 Å². The van der Waals surface area contributed by atoms with Crippen molar-refractivity contribution in [2.45, 2.75) is 25.9 Å². The van der Waals surface area contributed by atoms with Crippen LogP contribution in [-0.4, -0.2) is 21.6 Å². The lowest BCUT2D eigenvalue weighted by atomic mass is 10.1. The minimum Gasteiger partial charge on any atom is -0.479 e. The number of aromatic nitrogens is 1. The van der Waals surface area contributed by atoms with E-state index in [1.165, 1.54) is 0 Å². The lowest BCUT2D eigenvalue weighted by molar-refractivity contribution is -0.139. The second kappa shape index (κ2) is 6.79. The molecule has 0 fully saturated rings. The molecule has 2 N–H and O–H groups in total. The maximum Gasteiger partial charge on any atom is 0.330 e. The summed E-state index contributed by atoms with van der Waals surface area (Å²) in [6.07, 6.45) is 1.80. The van der Waals surface area contributed by atoms with E-state index in [-0.39, 0.29) is 6.04 Å². The molecule has 116 valence electrons. The Hall–Kier alpha value is -2.08. The molecule has 5 nitrogen and oxygen atoms in total. The van der Waals surface area contributed by atoms with Gasteiger partial charge in [0.2, 0.25) is 0 Å². The molecule has 1 amide bonds. The summed E-state index contributed by atoms with van der Waals surface area (Å²) in [7, 11) is 0. The molecule has 1 atom stereocenters. The Bertz CT molecular complexity index is 680. The average molecular weight is 365 g/mol. The van der Waals surface area contributed by atoms with E-state index in [2.05, 4.69) is 21.2 Å². The zero-order valence-corrected chi connectivity index (χ0v) is 13.9. The van der Waals surface area contributed by atoms with Crippen LogP contribution in [0.1, 0.15) is 42.0 Å². The van der Waals surface area contributed by atoms with Crippen molar-refractivity contribution < 1.29 is 14.7 Å². The Morgan fingerprint density at radius 1 is 1.23 bits per heavy atom. The number of hydrogen-bond acceptors (Lipinski definition) is 2. The van der Waals surface area contributed by atoms with Crippen molar-refractivity contribution in [2.24, 2.45) is 0 Å². The van der Waals surface area contributed by atoms with Crippen molar-refractivity contribution in [3.05, 3.63) is 58.3 Å². The zero-order valence-electron chi connectivity index (χ0n) is 12.3. The highest BCUT2D eigenvalue weighted by molar-refractivity contribution is 9.10. The van der Waals surface area contributed by atoms with Gasteiger partial charge in [0.1, 0.15) is 5.69 Å². The van der Waals surface area contributed by atoms with Gasteiger partial charge in [0.25, 0.3) is 5.91 Å². The van der Waals surface area contributed by atoms with Crippen molar-refractivity contribution in [3.63, 3.8) is 0 Å². The molecule has 0 bridgehead atoms. The molecule has 0 saturated carbocycles. The van der Waals surface area contributed by atoms with Gasteiger partial charge in [-0.3, -0.25) is 4.79 Å². The van der Waals surface area contributed by atoms with E-state index >= 15 is 0 Å². The molecule has 2 aromatic rings. The number of nitrogens with one attached hydrogen (secondary N) is 1. The largest absolute Gasteiger partial charge is 0.479 e. The molecular weight excluding hydrogens is 348 g/mol. The monoisotopic (exact) mass is 364 g/mol. The van der Waals surface area contributed by atoms with Crippen LogP contribution in [0.2, 0.25) is 0 Å². The predicted molar refractivity (Wildman–Crippen MR) is 86.8 cm³/mol. The van der Waals surface area contributed by atoms with E-state index < -0.39 is 17.9 Å². The number of hydrogen-bond donors (Lipinski definition) is 2. The normalized spacial score (nSPS) is 12.2. The van der Waals surface area contributed by atoms with Crippen LogP contribution < -0.4 is 5.32 Å². The number of halogens is 1. The Morgan fingerprint density at radius 3 is 2.41 bits per heavy atom. The molecule has 2 rings (SSSR count). The Labute approximate surface area is 137 Å². The lowest BCUT2D eigenvalue weighted by Gasteiger charge is -2.17. The summed E-state index contributed by atoms with van der Waals surface area (Å²) in [6.45, 7) is 3.91. The molecule has 0 radical (unpaired) electrons. The smallest absolute Gasteiger partial charge is 0.330 e. The van der Waals surface area contributed by atoms with Crippen LogP contribution in [0, 0.1) is 0 Å². The molecule has 0 aliphatic heterocycles. The fourth-order valence-electron chi connectivity index (χ4n) is 2.19. The Balaban J connectivity index is 2.28. The molecule has 1 heterocycles. The molecule has 6 heteroatoms. The number of aliphatic carboxylic acids is 1. The Morgan fingerprint density at radius 2 is 1.86 bits per heavy atom. The van der Waals surface area contributed by atoms with Gasteiger partial charge >= 0.3 is 5.97 Å². The van der Waals surface area contributed by atoms with Crippen molar-refractivity contribution in [1.82, 2.24) is 9.88 Å². The molecule has 1 aromatic heterocycles. The van der Waals surface area contributed by atoms with Gasteiger partial charge in [0.15, 0.2) is 6.04 Å². The molecule has 0 unspecified atom stereocenters. The summed E-state index contributed by atoms with van der Waals surface area (Å²) < 4.78 is 2.57. The molecule has 0 spiro atoms. The van der Waals surface area contributed by atoms with Gasteiger partial charge in [-0.25, -0.2) is 4.79 Å². The molecule has 1 aromatic carbocycles. The Kier molecular flexibility index (Phi) is 5.03. The first-order chi connectivity index (χ1) is 10.4. The highest BCUT2D eigenvalue weighted by atomic mass is 79.9. The van der Waals surface area contributed by atoms with Crippen LogP contribution in [0.5, 0.6) is 0 Å². The predicted octanol–water partition coefficient (Wildman–Crippen LogP) is 3.39. The number of benzene rings is 1. The second-order valence-electron chi connectivity index (χ2n) is 5.20. The third-order valence-corrected chi connectivity index (χ3v) is 3.69. The van der Waals surface area contributed by atoms with Gasteiger partial charge in [-0.1, -0.05) is 30.3 Å². The van der Waals surface area contributed by atoms with Crippen molar-refractivity contribution in [1.29, 1.82) is 0 Å². The van der Waals surface area contributed by atoms with Crippen molar-refractivity contribution in [2.75, 3.05) is 0 Å². The van der Waals surface area contributed by atoms with E-state index in [0.29, 0.717) is 11.3 Å². The summed E-state index contributed by atoms with van der Waals surface area (Å²) in [5.41, 5.74) is 0.953. The average Bonchev–Trinajstić information content (AvgIpc) is 2.87. The molecule has 0 aliphatic carbocycles. The number of amides is 1. The van der Waals surface area contributed by atoms with E-state index in [1.807, 2.05) is 13.8 Å². The topological polar surface area (TPSA) is 71.3 Å². The van der Waals surface area contributed by atoms with Gasteiger partial charge in [-0.15, -0.1) is 0 Å². The first kappa shape index (κ1) is 16.3. The summed E-state index contributed by atoms with van der Waals surface area (Å²) in [4.78, 5) is 23.9. The third-order valence-electron chi connectivity index (χ3n) is 3.26. The summed E-state index contributed by atoms with van der Waals surface area (Å²) in [5, 5.41) is 12.0. The maximum atomic E-state index is 12.5. The van der Waals surface area contributed by atoms with E-state index in [9.17, 15) is 14.7 Å². The van der Waals surface area contributed by atoms with Gasteiger partial charge in [0, 0.05) is 16.7 Å². The van der Waals surface area contributed by atoms with Crippen LogP contribution in [-0.2, 0) is 4.79 Å². The highest BCUT2D eigenvalue weighted by Gasteiger charge is 2.24. The third kappa shape index (κ3) is 3.57. The van der Waals surface area contributed by atoms with E-state index in [4.69, 9.17) is 0 Å². The fraction of sp³-hybridized carbons (Fsp3) is 0.250. The van der Waals surface area contributed by atoms with E-state index in [0.717, 1.165) is 4.47 Å². The number of carbonyl (C=O) groups is 2. The first-order valence-corrected chi connectivity index (χ1v) is 7.65. The number of rotatable bonds is 5. The molecule has 0 saturated heterocycles. The quantitative estimate of drug-likeness (QED) is 0.853. The molecular formula is C16H17BrN2O3. The van der Waals surface area contributed by atoms with Gasteiger partial charge < -0.3 is 15.0 Å². The number of carboxylic acids is 1. The fourth-order valence-corrected chi connectivity index (χ4v) is 2.63. The van der Waals surface area contributed by atoms with Gasteiger partial charge in [0.05, 0.1) is 0 Å². The number of carbonyl (C=O) groups excluding carboxylic acids is 1. The van der Waals surface area contributed by atoms with Crippen LogP contribution >= 0.6 is 15.9 Å². The van der Waals surface area contributed by atoms with Crippen LogP contribution in [0.15, 0.2) is 47.1 Å². The van der Waals surface area contributed by atoms with Crippen LogP contribution in [0.25, 0.3) is 0 Å². The standard InChI is InChI=1S/C16H17BrN2O3/c1-10(2)19-9-12(17)8-13(19)15(20)18-14(16(21)22)11-6-4-3-5-7-11/h3-10,14H,1-2H3,(H,18,20)(H,21,22)/t14-/m0/s1. The SMILES string of the molecule is CC(C)n1cc(Br)cc1C(=O)N[C@H](C(=O)O)c1ccccc1. The zero-order chi connectivity index (χ0) is 16.3. The number of nitrogens with zero attached hydrogens (tertiary/aromatic N) is 1. The van der Waals surface area contributed by atoms with Gasteiger partial charge in [-0.2, -0.15) is 0 Å². The summed E-state index contributed by atoms with van der Waals surface area (Å²) in [5.74, 6) is -1.52. The minimum absolute atomic E-state index is 0.0899. The minimum atomic E-state index is -1.10. The van der Waals surface area contributed by atoms with Gasteiger partial charge in [-0.05, 0) is 41.4 Å². The van der Waals surface area contributed by atoms with Crippen LogP contribution in [0.4, 0.5) is 0 Å². The molecule has 0 aliphatic rings. The first-order valence-electron chi connectivity index (χ1n) is 6.86.